The van der Waals surface area contributed by atoms with Gasteiger partial charge in [0.15, 0.2) is 0 Å². The molecular weight excluding hydrogens is 336 g/mol. The summed E-state index contributed by atoms with van der Waals surface area (Å²) in [5.74, 6) is -0.102. The normalized spacial score (nSPS) is 17.1. The molecular formula is C19H30N2O3S. The van der Waals surface area contributed by atoms with Crippen molar-refractivity contribution in [3.05, 3.63) is 23.8 Å². The molecule has 140 valence electrons. The summed E-state index contributed by atoms with van der Waals surface area (Å²) in [6.45, 7) is 8.93. The molecule has 1 aromatic carbocycles. The Labute approximate surface area is 151 Å². The van der Waals surface area contributed by atoms with Gasteiger partial charge in [0.05, 0.1) is 4.90 Å². The minimum absolute atomic E-state index is 0.102. The molecule has 2 rings (SSSR count). The predicted octanol–water partition coefficient (Wildman–Crippen LogP) is 3.93. The average molecular weight is 367 g/mol. The average Bonchev–Trinajstić information content (AvgIpc) is 2.76. The largest absolute Gasteiger partial charge is 0.326 e. The third-order valence-corrected chi connectivity index (χ3v) is 6.39. The first kappa shape index (κ1) is 19.9. The lowest BCUT2D eigenvalue weighted by atomic mass is 9.92. The van der Waals surface area contributed by atoms with Gasteiger partial charge in [0.25, 0.3) is 0 Å². The van der Waals surface area contributed by atoms with Crippen LogP contribution in [0.5, 0.6) is 0 Å². The van der Waals surface area contributed by atoms with Crippen LogP contribution >= 0.6 is 0 Å². The van der Waals surface area contributed by atoms with Crippen LogP contribution in [-0.2, 0) is 14.8 Å². The van der Waals surface area contributed by atoms with Crippen molar-refractivity contribution in [3.8, 4) is 0 Å². The fourth-order valence-electron chi connectivity index (χ4n) is 3.06. The highest BCUT2D eigenvalue weighted by Crippen LogP contribution is 2.26. The van der Waals surface area contributed by atoms with E-state index in [-0.39, 0.29) is 11.3 Å². The molecule has 0 atom stereocenters. The maximum atomic E-state index is 13.0. The summed E-state index contributed by atoms with van der Waals surface area (Å²) in [4.78, 5) is 12.4. The predicted molar refractivity (Wildman–Crippen MR) is 101 cm³/mol. The first-order valence-electron chi connectivity index (χ1n) is 9.00. The lowest BCUT2D eigenvalue weighted by molar-refractivity contribution is -0.117. The summed E-state index contributed by atoms with van der Waals surface area (Å²) in [6, 6.07) is 5.12. The van der Waals surface area contributed by atoms with Gasteiger partial charge in [0.2, 0.25) is 15.9 Å². The molecule has 1 heterocycles. The molecule has 6 heteroatoms. The van der Waals surface area contributed by atoms with Gasteiger partial charge >= 0.3 is 0 Å². The van der Waals surface area contributed by atoms with E-state index >= 15 is 0 Å². The number of sulfonamides is 1. The molecule has 1 aliphatic heterocycles. The topological polar surface area (TPSA) is 66.5 Å². The zero-order valence-corrected chi connectivity index (χ0v) is 16.6. The van der Waals surface area contributed by atoms with Gasteiger partial charge in [-0.15, -0.1) is 0 Å². The van der Waals surface area contributed by atoms with Crippen LogP contribution in [0.1, 0.15) is 58.4 Å². The highest BCUT2D eigenvalue weighted by molar-refractivity contribution is 7.89. The highest BCUT2D eigenvalue weighted by Gasteiger charge is 2.27. The van der Waals surface area contributed by atoms with Crippen LogP contribution in [0.15, 0.2) is 23.1 Å². The molecule has 0 saturated carbocycles. The molecule has 1 amide bonds. The van der Waals surface area contributed by atoms with Crippen LogP contribution in [0.3, 0.4) is 0 Å². The van der Waals surface area contributed by atoms with Gasteiger partial charge in [0.1, 0.15) is 0 Å². The van der Waals surface area contributed by atoms with Gasteiger partial charge in [-0.05, 0) is 42.9 Å². The number of amides is 1. The van der Waals surface area contributed by atoms with E-state index in [1.807, 2.05) is 20.8 Å². The molecule has 0 radical (unpaired) electrons. The van der Waals surface area contributed by atoms with Crippen LogP contribution < -0.4 is 5.32 Å². The second kappa shape index (κ2) is 7.87. The van der Waals surface area contributed by atoms with E-state index in [9.17, 15) is 13.2 Å². The quantitative estimate of drug-likeness (QED) is 0.878. The Kier molecular flexibility index (Phi) is 6.27. The Morgan fingerprint density at radius 1 is 1.12 bits per heavy atom. The van der Waals surface area contributed by atoms with Crippen LogP contribution in [0.4, 0.5) is 5.69 Å². The van der Waals surface area contributed by atoms with E-state index in [2.05, 4.69) is 5.32 Å². The van der Waals surface area contributed by atoms with Gasteiger partial charge in [-0.2, -0.15) is 4.31 Å². The summed E-state index contributed by atoms with van der Waals surface area (Å²) >= 11 is 0. The third-order valence-electron chi connectivity index (χ3n) is 4.35. The summed E-state index contributed by atoms with van der Waals surface area (Å²) in [5.41, 5.74) is 1.13. The molecule has 1 N–H and O–H groups in total. The lowest BCUT2D eigenvalue weighted by Gasteiger charge is -2.22. The number of benzene rings is 1. The van der Waals surface area contributed by atoms with Crippen LogP contribution in [0.2, 0.25) is 0 Å². The SMILES string of the molecule is Cc1ccc(NC(=O)CC(C)(C)C)cc1S(=O)(=O)N1CCCCCC1. The van der Waals surface area contributed by atoms with Crippen molar-refractivity contribution in [1.82, 2.24) is 4.31 Å². The molecule has 1 aliphatic rings. The Balaban J connectivity index is 2.24. The monoisotopic (exact) mass is 366 g/mol. The van der Waals surface area contributed by atoms with Crippen molar-refractivity contribution >= 4 is 21.6 Å². The van der Waals surface area contributed by atoms with Gasteiger partial charge in [-0.3, -0.25) is 4.79 Å². The number of carbonyl (C=O) groups is 1. The molecule has 25 heavy (non-hydrogen) atoms. The van der Waals surface area contributed by atoms with Crippen LogP contribution in [-0.4, -0.2) is 31.7 Å². The van der Waals surface area contributed by atoms with E-state index in [1.165, 1.54) is 0 Å². The van der Waals surface area contributed by atoms with E-state index in [1.54, 1.807) is 29.4 Å². The minimum Gasteiger partial charge on any atom is -0.326 e. The zero-order chi connectivity index (χ0) is 18.7. The van der Waals surface area contributed by atoms with Crippen molar-refractivity contribution < 1.29 is 13.2 Å². The van der Waals surface area contributed by atoms with E-state index < -0.39 is 10.0 Å². The van der Waals surface area contributed by atoms with Crippen molar-refractivity contribution in [2.75, 3.05) is 18.4 Å². The summed E-state index contributed by atoms with van der Waals surface area (Å²) in [5, 5.41) is 2.83. The zero-order valence-electron chi connectivity index (χ0n) is 15.8. The molecule has 0 aliphatic carbocycles. The van der Waals surface area contributed by atoms with E-state index in [0.29, 0.717) is 35.7 Å². The fourth-order valence-corrected chi connectivity index (χ4v) is 4.83. The number of hydrogen-bond acceptors (Lipinski definition) is 3. The molecule has 5 nitrogen and oxygen atoms in total. The molecule has 0 unspecified atom stereocenters. The highest BCUT2D eigenvalue weighted by atomic mass is 32.2. The number of carbonyl (C=O) groups excluding carboxylic acids is 1. The third kappa shape index (κ3) is 5.54. The summed E-state index contributed by atoms with van der Waals surface area (Å²) < 4.78 is 27.7. The van der Waals surface area contributed by atoms with Crippen LogP contribution in [0.25, 0.3) is 0 Å². The lowest BCUT2D eigenvalue weighted by Crippen LogP contribution is -2.32. The van der Waals surface area contributed by atoms with Crippen molar-refractivity contribution in [2.45, 2.75) is 64.7 Å². The molecule has 1 saturated heterocycles. The number of aryl methyl sites for hydroxylation is 1. The number of hydrogen-bond donors (Lipinski definition) is 1. The Bertz CT molecular complexity index is 713. The second-order valence-corrected chi connectivity index (χ2v) is 9.99. The number of nitrogens with zero attached hydrogens (tertiary/aromatic N) is 1. The Morgan fingerprint density at radius 2 is 1.72 bits per heavy atom. The first-order valence-corrected chi connectivity index (χ1v) is 10.4. The number of rotatable bonds is 4. The van der Waals surface area contributed by atoms with Gasteiger partial charge in [-0.25, -0.2) is 8.42 Å². The second-order valence-electron chi connectivity index (χ2n) is 8.08. The maximum Gasteiger partial charge on any atom is 0.243 e. The summed E-state index contributed by atoms with van der Waals surface area (Å²) in [6.07, 6.45) is 4.34. The minimum atomic E-state index is -3.53. The standard InChI is InChI=1S/C19H30N2O3S/c1-15-9-10-16(20-18(22)14-19(2,3)4)13-17(15)25(23,24)21-11-7-5-6-8-12-21/h9-10,13H,5-8,11-12,14H2,1-4H3,(H,20,22). The molecule has 0 spiro atoms. The van der Waals surface area contributed by atoms with Crippen LogP contribution in [0, 0.1) is 12.3 Å². The molecule has 0 aromatic heterocycles. The Hall–Kier alpha value is -1.40. The number of anilines is 1. The van der Waals surface area contributed by atoms with E-state index in [0.717, 1.165) is 25.7 Å². The maximum absolute atomic E-state index is 13.0. The smallest absolute Gasteiger partial charge is 0.243 e. The van der Waals surface area contributed by atoms with E-state index in [4.69, 9.17) is 0 Å². The number of nitrogens with one attached hydrogen (secondary N) is 1. The van der Waals surface area contributed by atoms with Crippen molar-refractivity contribution in [3.63, 3.8) is 0 Å². The van der Waals surface area contributed by atoms with Crippen molar-refractivity contribution in [1.29, 1.82) is 0 Å². The van der Waals surface area contributed by atoms with Gasteiger partial charge < -0.3 is 5.32 Å². The first-order chi connectivity index (χ1) is 11.6. The van der Waals surface area contributed by atoms with Gasteiger partial charge in [-0.1, -0.05) is 39.7 Å². The Morgan fingerprint density at radius 3 is 2.28 bits per heavy atom. The molecule has 0 bridgehead atoms. The summed E-state index contributed by atoms with van der Waals surface area (Å²) in [7, 11) is -3.53. The molecule has 1 fully saturated rings. The van der Waals surface area contributed by atoms with Gasteiger partial charge in [0, 0.05) is 25.2 Å². The molecule has 1 aromatic rings. The fraction of sp³-hybridized carbons (Fsp3) is 0.632. The van der Waals surface area contributed by atoms with Crippen molar-refractivity contribution in [2.24, 2.45) is 5.41 Å².